The first kappa shape index (κ1) is 20.8. The largest absolute Gasteiger partial charge is 0.249 e. The van der Waals surface area contributed by atoms with Crippen LogP contribution in [0.2, 0.25) is 0 Å². The van der Waals surface area contributed by atoms with Crippen LogP contribution < -0.4 is 20.5 Å². The Bertz CT molecular complexity index is 1580. The Morgan fingerprint density at radius 2 is 1.21 bits per heavy atom. The van der Waals surface area contributed by atoms with Gasteiger partial charge in [0, 0.05) is 5.39 Å². The van der Waals surface area contributed by atoms with E-state index in [-0.39, 0.29) is 0 Å². The minimum absolute atomic E-state index is 1.22. The van der Waals surface area contributed by atoms with Crippen LogP contribution in [0.1, 0.15) is 0 Å². The van der Waals surface area contributed by atoms with Gasteiger partial charge in [0.25, 0.3) is 0 Å². The van der Waals surface area contributed by atoms with Crippen LogP contribution in [-0.4, -0.2) is 11.2 Å². The molecule has 0 aliphatic carbocycles. The fraction of sp³-hybridized carbons (Fsp3) is 0.0645. The van der Waals surface area contributed by atoms with Crippen molar-refractivity contribution in [2.75, 3.05) is 6.66 Å². The molecule has 0 aliphatic heterocycles. The van der Waals surface area contributed by atoms with E-state index in [4.69, 9.17) is 0 Å². The Balaban J connectivity index is 1.78. The van der Waals surface area contributed by atoms with Gasteiger partial charge < -0.3 is 0 Å². The third-order valence-electron chi connectivity index (χ3n) is 6.96. The van der Waals surface area contributed by atoms with E-state index in [0.717, 1.165) is 0 Å². The molecular formula is C31H27N2P+2. The monoisotopic (exact) mass is 458 g/mol. The number of hydrogen-bond acceptors (Lipinski definition) is 0. The highest BCUT2D eigenvalue weighted by atomic mass is 31.2. The predicted molar refractivity (Wildman–Crippen MR) is 147 cm³/mol. The summed E-state index contributed by atoms with van der Waals surface area (Å²) in [5.41, 5.74) is 3.72. The number of hydrogen-bond donors (Lipinski definition) is 0. The minimum atomic E-state index is -1.93. The second kappa shape index (κ2) is 8.24. The molecule has 0 bridgehead atoms. The maximum absolute atomic E-state index is 2.47. The van der Waals surface area contributed by atoms with E-state index in [1.165, 1.54) is 43.4 Å². The summed E-state index contributed by atoms with van der Waals surface area (Å²) >= 11 is 0. The predicted octanol–water partition coefficient (Wildman–Crippen LogP) is 5.53. The average molecular weight is 459 g/mol. The molecule has 0 saturated carbocycles. The summed E-state index contributed by atoms with van der Waals surface area (Å²) in [4.78, 5) is 0. The number of imidazole rings is 1. The van der Waals surface area contributed by atoms with Gasteiger partial charge in [0.1, 0.15) is 17.9 Å². The van der Waals surface area contributed by atoms with E-state index in [0.29, 0.717) is 0 Å². The highest BCUT2D eigenvalue weighted by Gasteiger charge is 2.44. The van der Waals surface area contributed by atoms with Crippen molar-refractivity contribution in [1.82, 2.24) is 4.57 Å². The molecule has 34 heavy (non-hydrogen) atoms. The summed E-state index contributed by atoms with van der Waals surface area (Å²) in [6.07, 6.45) is 2.23. The highest BCUT2D eigenvalue weighted by Crippen LogP contribution is 2.53. The fourth-order valence-corrected chi connectivity index (χ4v) is 8.59. The van der Waals surface area contributed by atoms with E-state index >= 15 is 0 Å². The van der Waals surface area contributed by atoms with Gasteiger partial charge in [-0.05, 0) is 53.9 Å². The lowest BCUT2D eigenvalue weighted by molar-refractivity contribution is -0.645. The number of aromatic nitrogens is 2. The molecule has 2 nitrogen and oxygen atoms in total. The van der Waals surface area contributed by atoms with Crippen molar-refractivity contribution < 1.29 is 4.57 Å². The second-order valence-corrected chi connectivity index (χ2v) is 12.4. The summed E-state index contributed by atoms with van der Waals surface area (Å²) in [5.74, 6) is 0. The first-order valence-electron chi connectivity index (χ1n) is 11.6. The van der Waals surface area contributed by atoms with Crippen molar-refractivity contribution in [3.05, 3.63) is 128 Å². The third kappa shape index (κ3) is 3.18. The molecule has 5 aromatic carbocycles. The molecule has 1 aromatic heterocycles. The van der Waals surface area contributed by atoms with Gasteiger partial charge in [-0.25, -0.2) is 4.57 Å². The van der Waals surface area contributed by atoms with Gasteiger partial charge in [0.2, 0.25) is 6.33 Å². The second-order valence-electron chi connectivity index (χ2n) is 8.92. The van der Waals surface area contributed by atoms with Crippen LogP contribution in [-0.2, 0) is 7.05 Å². The van der Waals surface area contributed by atoms with Crippen LogP contribution in [0.3, 0.4) is 0 Å². The summed E-state index contributed by atoms with van der Waals surface area (Å²) in [6, 6.07) is 44.2. The van der Waals surface area contributed by atoms with Crippen molar-refractivity contribution in [2.24, 2.45) is 7.05 Å². The van der Waals surface area contributed by atoms with Gasteiger partial charge in [-0.1, -0.05) is 72.8 Å². The van der Waals surface area contributed by atoms with E-state index in [9.17, 15) is 0 Å². The molecular weight excluding hydrogens is 431 g/mol. The van der Waals surface area contributed by atoms with Gasteiger partial charge >= 0.3 is 0 Å². The fourth-order valence-electron chi connectivity index (χ4n) is 5.18. The molecule has 0 atom stereocenters. The maximum atomic E-state index is 2.47. The summed E-state index contributed by atoms with van der Waals surface area (Å²) in [6.45, 7) is 2.47. The quantitative estimate of drug-likeness (QED) is 0.243. The van der Waals surface area contributed by atoms with E-state index in [1.807, 2.05) is 0 Å². The number of nitrogens with zero attached hydrogens (tertiary/aromatic N) is 2. The Labute approximate surface area is 201 Å². The molecule has 6 rings (SSSR count). The van der Waals surface area contributed by atoms with E-state index in [2.05, 4.69) is 151 Å². The average Bonchev–Trinajstić information content (AvgIpc) is 3.24. The molecule has 0 amide bonds. The van der Waals surface area contributed by atoms with Gasteiger partial charge in [0.05, 0.1) is 13.7 Å². The van der Waals surface area contributed by atoms with Crippen molar-refractivity contribution >= 4 is 45.0 Å². The molecule has 0 N–H and O–H groups in total. The molecule has 0 radical (unpaired) electrons. The maximum Gasteiger partial charge on any atom is 0.249 e. The zero-order valence-corrected chi connectivity index (χ0v) is 20.4. The SMILES string of the molecule is C[n+]1cn(-c2c([P+](C)(c3ccccc3)c3ccccc3)ccc3ccccc23)c2ccccc21. The molecule has 0 fully saturated rings. The summed E-state index contributed by atoms with van der Waals surface area (Å²) in [7, 11) is 0.199. The molecule has 3 heteroatoms. The van der Waals surface area contributed by atoms with Crippen LogP contribution in [0.15, 0.2) is 128 Å². The molecule has 0 aliphatic rings. The molecule has 0 saturated heterocycles. The Morgan fingerprint density at radius 3 is 1.91 bits per heavy atom. The lowest BCUT2D eigenvalue weighted by atomic mass is 10.1. The van der Waals surface area contributed by atoms with E-state index in [1.54, 1.807) is 0 Å². The molecule has 1 heterocycles. The smallest absolute Gasteiger partial charge is 0.232 e. The number of rotatable bonds is 4. The zero-order valence-electron chi connectivity index (χ0n) is 19.5. The van der Waals surface area contributed by atoms with Gasteiger partial charge in [0.15, 0.2) is 22.0 Å². The number of para-hydroxylation sites is 2. The zero-order chi connectivity index (χ0) is 23.1. The molecule has 164 valence electrons. The van der Waals surface area contributed by atoms with Crippen molar-refractivity contribution in [1.29, 1.82) is 0 Å². The first-order chi connectivity index (χ1) is 16.7. The Hall–Kier alpha value is -3.74. The van der Waals surface area contributed by atoms with Crippen molar-refractivity contribution in [2.45, 2.75) is 0 Å². The first-order valence-corrected chi connectivity index (χ1v) is 13.9. The van der Waals surface area contributed by atoms with Crippen LogP contribution in [0.4, 0.5) is 0 Å². The normalized spacial score (nSPS) is 11.8. The molecule has 0 unspecified atom stereocenters. The van der Waals surface area contributed by atoms with Crippen molar-refractivity contribution in [3.8, 4) is 5.69 Å². The summed E-state index contributed by atoms with van der Waals surface area (Å²) in [5, 5.41) is 6.70. The number of fused-ring (bicyclic) bond motifs is 2. The Kier molecular flexibility index (Phi) is 5.05. The topological polar surface area (TPSA) is 8.81 Å². The summed E-state index contributed by atoms with van der Waals surface area (Å²) < 4.78 is 4.62. The van der Waals surface area contributed by atoms with Crippen LogP contribution in [0.5, 0.6) is 0 Å². The van der Waals surface area contributed by atoms with Crippen LogP contribution in [0.25, 0.3) is 27.5 Å². The standard InChI is InChI=1S/C31H27N2P/c1-32-23-33(29-20-12-11-19-28(29)32)31-27-18-10-9-13-24(27)21-22-30(31)34(2,25-14-5-3-6-15-25)26-16-7-4-8-17-26/h3-23H,1-2H3/q+2. The minimum Gasteiger partial charge on any atom is -0.232 e. The highest BCUT2D eigenvalue weighted by molar-refractivity contribution is 7.95. The van der Waals surface area contributed by atoms with Crippen LogP contribution >= 0.6 is 7.26 Å². The van der Waals surface area contributed by atoms with Crippen molar-refractivity contribution in [3.63, 3.8) is 0 Å². The number of aryl methyl sites for hydroxylation is 1. The Morgan fingerprint density at radius 1 is 0.618 bits per heavy atom. The molecule has 6 aromatic rings. The van der Waals surface area contributed by atoms with Gasteiger partial charge in [-0.3, -0.25) is 0 Å². The van der Waals surface area contributed by atoms with Crippen LogP contribution in [0, 0.1) is 0 Å². The van der Waals surface area contributed by atoms with Gasteiger partial charge in [-0.15, -0.1) is 0 Å². The lowest BCUT2D eigenvalue weighted by Gasteiger charge is -2.25. The third-order valence-corrected chi connectivity index (χ3v) is 10.9. The van der Waals surface area contributed by atoms with Gasteiger partial charge in [-0.2, -0.15) is 4.57 Å². The number of benzene rings is 5. The van der Waals surface area contributed by atoms with E-state index < -0.39 is 7.26 Å². The lowest BCUT2D eigenvalue weighted by Crippen LogP contribution is -2.33. The molecule has 0 spiro atoms.